The monoisotopic (exact) mass is 515 g/mol. The van der Waals surface area contributed by atoms with Crippen LogP contribution in [0, 0.1) is 0 Å². The molecule has 1 aliphatic rings. The van der Waals surface area contributed by atoms with Crippen LogP contribution >= 0.6 is 0 Å². The predicted octanol–water partition coefficient (Wildman–Crippen LogP) is 6.24. The topological polar surface area (TPSA) is 85.3 Å². The lowest BCUT2D eigenvalue weighted by molar-refractivity contribution is -0.132. The van der Waals surface area contributed by atoms with Crippen LogP contribution in [0.3, 0.4) is 0 Å². The molecule has 1 heterocycles. The lowest BCUT2D eigenvalue weighted by Crippen LogP contribution is -2.29. The lowest BCUT2D eigenvalue weighted by atomic mass is 9.93. The SMILES string of the molecule is CCCOc1ccc(C2/C(=C(/O)c3ccc(OC)c(C(C)C)c3)C(=O)C(=O)N2c2ccc(OC)cc2)cc1. The quantitative estimate of drug-likeness (QED) is 0.206. The molecule has 3 aromatic carbocycles. The zero-order valence-electron chi connectivity index (χ0n) is 22.4. The van der Waals surface area contributed by atoms with E-state index in [1.54, 1.807) is 56.7 Å². The van der Waals surface area contributed by atoms with Gasteiger partial charge in [-0.3, -0.25) is 14.5 Å². The predicted molar refractivity (Wildman–Crippen MR) is 147 cm³/mol. The van der Waals surface area contributed by atoms with E-state index in [9.17, 15) is 14.7 Å². The maximum absolute atomic E-state index is 13.5. The number of hydrogen-bond donors (Lipinski definition) is 1. The first kappa shape index (κ1) is 26.8. The van der Waals surface area contributed by atoms with Crippen LogP contribution in [0.15, 0.2) is 72.3 Å². The highest BCUT2D eigenvalue weighted by molar-refractivity contribution is 6.51. The number of aliphatic hydroxyl groups excluding tert-OH is 1. The van der Waals surface area contributed by atoms with E-state index in [2.05, 4.69) is 0 Å². The molecule has 0 aliphatic carbocycles. The van der Waals surface area contributed by atoms with Gasteiger partial charge in [0.15, 0.2) is 0 Å². The Bertz CT molecular complexity index is 1340. The molecule has 1 N–H and O–H groups in total. The highest BCUT2D eigenvalue weighted by Crippen LogP contribution is 2.43. The summed E-state index contributed by atoms with van der Waals surface area (Å²) < 4.78 is 16.5. The molecule has 1 unspecified atom stereocenters. The summed E-state index contributed by atoms with van der Waals surface area (Å²) in [5.41, 5.74) is 2.53. The van der Waals surface area contributed by atoms with E-state index in [4.69, 9.17) is 14.2 Å². The van der Waals surface area contributed by atoms with E-state index in [1.807, 2.05) is 45.0 Å². The number of amides is 1. The van der Waals surface area contributed by atoms with Gasteiger partial charge in [-0.25, -0.2) is 0 Å². The minimum absolute atomic E-state index is 0.0212. The molecule has 38 heavy (non-hydrogen) atoms. The summed E-state index contributed by atoms with van der Waals surface area (Å²) in [5, 5.41) is 11.5. The zero-order valence-corrected chi connectivity index (χ0v) is 22.4. The van der Waals surface area contributed by atoms with Crippen molar-refractivity contribution in [2.75, 3.05) is 25.7 Å². The van der Waals surface area contributed by atoms with E-state index < -0.39 is 17.7 Å². The van der Waals surface area contributed by atoms with Crippen molar-refractivity contribution < 1.29 is 28.9 Å². The molecule has 0 saturated carbocycles. The Morgan fingerprint density at radius 3 is 2.16 bits per heavy atom. The number of hydrogen-bond acceptors (Lipinski definition) is 6. The van der Waals surface area contributed by atoms with Gasteiger partial charge >= 0.3 is 0 Å². The number of anilines is 1. The Balaban J connectivity index is 1.88. The van der Waals surface area contributed by atoms with Crippen LogP contribution in [0.25, 0.3) is 5.76 Å². The molecule has 198 valence electrons. The van der Waals surface area contributed by atoms with Gasteiger partial charge in [-0.05, 0) is 78.1 Å². The van der Waals surface area contributed by atoms with Crippen LogP contribution < -0.4 is 19.1 Å². The molecule has 1 atom stereocenters. The fourth-order valence-electron chi connectivity index (χ4n) is 4.61. The largest absolute Gasteiger partial charge is 0.507 e. The van der Waals surface area contributed by atoms with E-state index in [0.29, 0.717) is 40.7 Å². The third-order valence-electron chi connectivity index (χ3n) is 6.59. The Labute approximate surface area is 223 Å². The zero-order chi connectivity index (χ0) is 27.4. The van der Waals surface area contributed by atoms with Gasteiger partial charge in [0.2, 0.25) is 0 Å². The second-order valence-electron chi connectivity index (χ2n) is 9.40. The summed E-state index contributed by atoms with van der Waals surface area (Å²) in [6.07, 6.45) is 0.875. The number of nitrogens with zero attached hydrogens (tertiary/aromatic N) is 1. The van der Waals surface area contributed by atoms with Crippen molar-refractivity contribution in [1.29, 1.82) is 0 Å². The minimum atomic E-state index is -0.840. The Morgan fingerprint density at radius 1 is 0.921 bits per heavy atom. The van der Waals surface area contributed by atoms with Crippen molar-refractivity contribution in [3.8, 4) is 17.2 Å². The summed E-state index contributed by atoms with van der Waals surface area (Å²) in [5.74, 6) is 0.412. The van der Waals surface area contributed by atoms with Crippen molar-refractivity contribution >= 4 is 23.1 Å². The van der Waals surface area contributed by atoms with E-state index >= 15 is 0 Å². The number of aliphatic hydroxyl groups is 1. The van der Waals surface area contributed by atoms with Gasteiger partial charge in [0.05, 0.1) is 32.4 Å². The molecule has 7 nitrogen and oxygen atoms in total. The van der Waals surface area contributed by atoms with Crippen LogP contribution in [-0.4, -0.2) is 37.6 Å². The van der Waals surface area contributed by atoms with Crippen molar-refractivity contribution in [3.05, 3.63) is 89.0 Å². The molecule has 4 rings (SSSR count). The molecule has 0 radical (unpaired) electrons. The lowest BCUT2D eigenvalue weighted by Gasteiger charge is -2.26. The highest BCUT2D eigenvalue weighted by Gasteiger charge is 2.47. The highest BCUT2D eigenvalue weighted by atomic mass is 16.5. The Morgan fingerprint density at radius 2 is 1.58 bits per heavy atom. The normalized spacial score (nSPS) is 16.7. The first-order chi connectivity index (χ1) is 18.3. The second-order valence-corrected chi connectivity index (χ2v) is 9.40. The van der Waals surface area contributed by atoms with Gasteiger partial charge in [0.25, 0.3) is 11.7 Å². The number of carbonyl (C=O) groups is 2. The van der Waals surface area contributed by atoms with E-state index in [1.165, 1.54) is 4.90 Å². The van der Waals surface area contributed by atoms with Crippen molar-refractivity contribution in [3.63, 3.8) is 0 Å². The molecule has 0 aromatic heterocycles. The minimum Gasteiger partial charge on any atom is -0.507 e. The molecule has 1 aliphatic heterocycles. The molecule has 1 fully saturated rings. The number of ketones is 1. The Kier molecular flexibility index (Phi) is 8.05. The van der Waals surface area contributed by atoms with Crippen molar-refractivity contribution in [1.82, 2.24) is 0 Å². The maximum atomic E-state index is 13.5. The third kappa shape index (κ3) is 5.09. The van der Waals surface area contributed by atoms with E-state index in [0.717, 1.165) is 12.0 Å². The summed E-state index contributed by atoms with van der Waals surface area (Å²) >= 11 is 0. The number of rotatable bonds is 9. The van der Waals surface area contributed by atoms with Gasteiger partial charge in [0, 0.05) is 11.3 Å². The average Bonchev–Trinajstić information content (AvgIpc) is 3.21. The molecule has 1 saturated heterocycles. The number of ether oxygens (including phenoxy) is 3. The van der Waals surface area contributed by atoms with Gasteiger partial charge < -0.3 is 19.3 Å². The third-order valence-corrected chi connectivity index (χ3v) is 6.59. The number of methoxy groups -OCH3 is 2. The first-order valence-electron chi connectivity index (χ1n) is 12.7. The first-order valence-corrected chi connectivity index (χ1v) is 12.7. The van der Waals surface area contributed by atoms with Crippen LogP contribution in [-0.2, 0) is 9.59 Å². The smallest absolute Gasteiger partial charge is 0.300 e. The fourth-order valence-corrected chi connectivity index (χ4v) is 4.61. The molecular weight excluding hydrogens is 482 g/mol. The Hall–Kier alpha value is -4.26. The van der Waals surface area contributed by atoms with Gasteiger partial charge in [-0.2, -0.15) is 0 Å². The summed E-state index contributed by atoms with van der Waals surface area (Å²) in [4.78, 5) is 28.3. The molecule has 3 aromatic rings. The van der Waals surface area contributed by atoms with Crippen molar-refractivity contribution in [2.24, 2.45) is 0 Å². The number of carbonyl (C=O) groups excluding carboxylic acids is 2. The standard InChI is InChI=1S/C31H33NO6/c1-6-17-38-24-12-7-20(8-13-24)28-27(29(33)21-9-16-26(37-5)25(18-21)19(2)3)30(34)31(35)32(28)22-10-14-23(36-4)15-11-22/h7-16,18-19,28,33H,6,17H2,1-5H3/b29-27-. The van der Waals surface area contributed by atoms with Gasteiger partial charge in [-0.1, -0.05) is 32.9 Å². The number of benzene rings is 3. The molecular formula is C31H33NO6. The molecule has 0 spiro atoms. The van der Waals surface area contributed by atoms with Crippen LogP contribution in [0.5, 0.6) is 17.2 Å². The maximum Gasteiger partial charge on any atom is 0.300 e. The molecule has 1 amide bonds. The summed E-state index contributed by atoms with van der Waals surface area (Å²) in [7, 11) is 3.15. The van der Waals surface area contributed by atoms with Crippen LogP contribution in [0.2, 0.25) is 0 Å². The van der Waals surface area contributed by atoms with Gasteiger partial charge in [-0.15, -0.1) is 0 Å². The molecule has 0 bridgehead atoms. The van der Waals surface area contributed by atoms with Crippen LogP contribution in [0.4, 0.5) is 5.69 Å². The summed E-state index contributed by atoms with van der Waals surface area (Å²) in [6.45, 7) is 6.65. The average molecular weight is 516 g/mol. The fraction of sp³-hybridized carbons (Fsp3) is 0.290. The number of Topliss-reactive ketones (excluding diaryl/α,β-unsaturated/α-hetero) is 1. The van der Waals surface area contributed by atoms with Crippen LogP contribution in [0.1, 0.15) is 55.8 Å². The van der Waals surface area contributed by atoms with Crippen molar-refractivity contribution in [2.45, 2.75) is 39.2 Å². The molecule has 7 heteroatoms. The van der Waals surface area contributed by atoms with E-state index in [-0.39, 0.29) is 17.3 Å². The van der Waals surface area contributed by atoms with Gasteiger partial charge in [0.1, 0.15) is 23.0 Å². The summed E-state index contributed by atoms with van der Waals surface area (Å²) in [6, 6.07) is 18.6. The second kappa shape index (κ2) is 11.4.